The Kier molecular flexibility index (Phi) is 7.00. The van der Waals surface area contributed by atoms with Crippen molar-refractivity contribution in [3.8, 4) is 5.75 Å². The normalized spacial score (nSPS) is 10.6. The molecule has 0 unspecified atom stereocenters. The number of hydrogen-bond acceptors (Lipinski definition) is 3. The van der Waals surface area contributed by atoms with Crippen molar-refractivity contribution in [2.75, 3.05) is 25.7 Å². The van der Waals surface area contributed by atoms with Crippen molar-refractivity contribution in [2.24, 2.45) is 0 Å². The highest BCUT2D eigenvalue weighted by atomic mass is 79.9. The molecule has 0 amide bonds. The Labute approximate surface area is 117 Å². The first-order valence-corrected chi connectivity index (χ1v) is 7.93. The minimum atomic E-state index is 0.792. The number of benzene rings is 1. The molecule has 0 aliphatic rings. The van der Waals surface area contributed by atoms with Gasteiger partial charge in [-0.05, 0) is 50.1 Å². The third kappa shape index (κ3) is 4.90. The van der Waals surface area contributed by atoms with Gasteiger partial charge in [0.15, 0.2) is 0 Å². The maximum Gasteiger partial charge on any atom is 0.126 e. The topological polar surface area (TPSA) is 21.3 Å². The molecular weight excluding hydrogens is 298 g/mol. The Morgan fingerprint density at radius 2 is 2.18 bits per heavy atom. The van der Waals surface area contributed by atoms with Crippen molar-refractivity contribution in [3.05, 3.63) is 27.7 Å². The molecule has 2 nitrogen and oxygen atoms in total. The zero-order valence-corrected chi connectivity index (χ0v) is 13.1. The van der Waals surface area contributed by atoms with Gasteiger partial charge in [-0.25, -0.2) is 0 Å². The summed E-state index contributed by atoms with van der Waals surface area (Å²) in [7, 11) is 1.95. The molecule has 0 saturated heterocycles. The molecule has 1 aromatic carbocycles. The minimum Gasteiger partial charge on any atom is -0.493 e. The van der Waals surface area contributed by atoms with Crippen molar-refractivity contribution in [3.63, 3.8) is 0 Å². The van der Waals surface area contributed by atoms with Gasteiger partial charge in [-0.1, -0.05) is 15.9 Å². The van der Waals surface area contributed by atoms with Crippen LogP contribution in [0, 0.1) is 6.92 Å². The fourth-order valence-electron chi connectivity index (χ4n) is 1.71. The molecule has 1 rings (SSSR count). The zero-order chi connectivity index (χ0) is 12.7. The SMILES string of the molecule is CNCc1cc(Br)cc(C)c1OCCCSC. The number of halogens is 1. The fraction of sp³-hybridized carbons (Fsp3) is 0.538. The molecule has 17 heavy (non-hydrogen) atoms. The largest absolute Gasteiger partial charge is 0.493 e. The van der Waals surface area contributed by atoms with Gasteiger partial charge in [-0.15, -0.1) is 0 Å². The average molecular weight is 318 g/mol. The molecule has 0 aliphatic carbocycles. The van der Waals surface area contributed by atoms with Crippen LogP contribution in [-0.4, -0.2) is 25.7 Å². The summed E-state index contributed by atoms with van der Waals surface area (Å²) in [5, 5.41) is 3.18. The summed E-state index contributed by atoms with van der Waals surface area (Å²) in [4.78, 5) is 0. The molecule has 0 spiro atoms. The highest BCUT2D eigenvalue weighted by Gasteiger charge is 2.08. The van der Waals surface area contributed by atoms with Crippen LogP contribution in [-0.2, 0) is 6.54 Å². The van der Waals surface area contributed by atoms with E-state index in [-0.39, 0.29) is 0 Å². The maximum absolute atomic E-state index is 5.90. The first kappa shape index (κ1) is 14.9. The van der Waals surface area contributed by atoms with Crippen molar-refractivity contribution in [1.82, 2.24) is 5.32 Å². The van der Waals surface area contributed by atoms with E-state index in [1.807, 2.05) is 18.8 Å². The van der Waals surface area contributed by atoms with E-state index in [0.29, 0.717) is 0 Å². The molecule has 4 heteroatoms. The zero-order valence-electron chi connectivity index (χ0n) is 10.7. The van der Waals surface area contributed by atoms with Crippen molar-refractivity contribution in [1.29, 1.82) is 0 Å². The lowest BCUT2D eigenvalue weighted by atomic mass is 10.1. The summed E-state index contributed by atoms with van der Waals surface area (Å²) in [6, 6.07) is 4.22. The summed E-state index contributed by atoms with van der Waals surface area (Å²) in [6.45, 7) is 3.71. The van der Waals surface area contributed by atoms with Gasteiger partial charge >= 0.3 is 0 Å². The van der Waals surface area contributed by atoms with Crippen molar-refractivity contribution >= 4 is 27.7 Å². The predicted octanol–water partition coefficient (Wildman–Crippen LogP) is 3.61. The number of thioether (sulfide) groups is 1. The first-order chi connectivity index (χ1) is 8.19. The van der Waals surface area contributed by atoms with E-state index < -0.39 is 0 Å². The second kappa shape index (κ2) is 8.01. The van der Waals surface area contributed by atoms with E-state index in [1.54, 1.807) is 0 Å². The second-order valence-corrected chi connectivity index (χ2v) is 5.84. The highest BCUT2D eigenvalue weighted by molar-refractivity contribution is 9.10. The van der Waals surface area contributed by atoms with E-state index in [2.05, 4.69) is 46.6 Å². The van der Waals surface area contributed by atoms with Crippen LogP contribution in [0.5, 0.6) is 5.75 Å². The molecule has 1 N–H and O–H groups in total. The molecule has 96 valence electrons. The molecule has 0 atom stereocenters. The lowest BCUT2D eigenvalue weighted by molar-refractivity contribution is 0.312. The van der Waals surface area contributed by atoms with Gasteiger partial charge in [0.2, 0.25) is 0 Å². The summed E-state index contributed by atoms with van der Waals surface area (Å²) < 4.78 is 7.01. The van der Waals surface area contributed by atoms with Gasteiger partial charge in [-0.2, -0.15) is 11.8 Å². The van der Waals surface area contributed by atoms with E-state index in [4.69, 9.17) is 4.74 Å². The lowest BCUT2D eigenvalue weighted by Crippen LogP contribution is -2.09. The number of rotatable bonds is 7. The molecule has 0 heterocycles. The monoisotopic (exact) mass is 317 g/mol. The molecule has 0 fully saturated rings. The molecule has 0 saturated carbocycles. The molecule has 0 aliphatic heterocycles. The minimum absolute atomic E-state index is 0.792. The molecule has 0 radical (unpaired) electrons. The predicted molar refractivity (Wildman–Crippen MR) is 80.1 cm³/mol. The molecule has 1 aromatic rings. The molecule has 0 aromatic heterocycles. The molecular formula is C13H20BrNOS. The van der Waals surface area contributed by atoms with Gasteiger partial charge < -0.3 is 10.1 Å². The van der Waals surface area contributed by atoms with Gasteiger partial charge in [0, 0.05) is 16.6 Å². The second-order valence-electron chi connectivity index (χ2n) is 3.94. The number of hydrogen-bond donors (Lipinski definition) is 1. The molecule has 0 bridgehead atoms. The third-order valence-electron chi connectivity index (χ3n) is 2.42. The fourth-order valence-corrected chi connectivity index (χ4v) is 2.73. The van der Waals surface area contributed by atoms with Gasteiger partial charge in [0.05, 0.1) is 6.61 Å². The van der Waals surface area contributed by atoms with Crippen molar-refractivity contribution in [2.45, 2.75) is 19.9 Å². The van der Waals surface area contributed by atoms with E-state index in [0.717, 1.165) is 35.5 Å². The summed E-state index contributed by atoms with van der Waals surface area (Å²) >= 11 is 5.38. The van der Waals surface area contributed by atoms with E-state index >= 15 is 0 Å². The van der Waals surface area contributed by atoms with Gasteiger partial charge in [0.25, 0.3) is 0 Å². The Morgan fingerprint density at radius 1 is 1.41 bits per heavy atom. The van der Waals surface area contributed by atoms with Crippen LogP contribution < -0.4 is 10.1 Å². The average Bonchev–Trinajstić information content (AvgIpc) is 2.27. The van der Waals surface area contributed by atoms with Crippen molar-refractivity contribution < 1.29 is 4.74 Å². The number of ether oxygens (including phenoxy) is 1. The summed E-state index contributed by atoms with van der Waals surface area (Å²) in [5.74, 6) is 2.18. The quantitative estimate of drug-likeness (QED) is 0.776. The Balaban J connectivity index is 2.73. The van der Waals surface area contributed by atoms with Crippen LogP contribution in [0.1, 0.15) is 17.5 Å². The highest BCUT2D eigenvalue weighted by Crippen LogP contribution is 2.28. The van der Waals surface area contributed by atoms with E-state index in [1.165, 1.54) is 11.1 Å². The van der Waals surface area contributed by atoms with Gasteiger partial charge in [-0.3, -0.25) is 0 Å². The van der Waals surface area contributed by atoms with Gasteiger partial charge in [0.1, 0.15) is 5.75 Å². The Bertz CT molecular complexity index is 358. The van der Waals surface area contributed by atoms with Crippen LogP contribution in [0.15, 0.2) is 16.6 Å². The maximum atomic E-state index is 5.90. The summed E-state index contributed by atoms with van der Waals surface area (Å²) in [6.07, 6.45) is 3.22. The Hall–Kier alpha value is -0.190. The lowest BCUT2D eigenvalue weighted by Gasteiger charge is -2.14. The Morgan fingerprint density at radius 3 is 2.82 bits per heavy atom. The first-order valence-electron chi connectivity index (χ1n) is 5.74. The van der Waals surface area contributed by atoms with Crippen LogP contribution in [0.2, 0.25) is 0 Å². The summed E-state index contributed by atoms with van der Waals surface area (Å²) in [5.41, 5.74) is 2.40. The standard InChI is InChI=1S/C13H20BrNOS/c1-10-7-12(14)8-11(9-15-2)13(10)16-5-4-6-17-3/h7-8,15H,4-6,9H2,1-3H3. The smallest absolute Gasteiger partial charge is 0.126 e. The number of aryl methyl sites for hydroxylation is 1. The third-order valence-corrected chi connectivity index (χ3v) is 3.58. The van der Waals surface area contributed by atoms with Crippen LogP contribution in [0.4, 0.5) is 0 Å². The van der Waals surface area contributed by atoms with Crippen LogP contribution in [0.3, 0.4) is 0 Å². The van der Waals surface area contributed by atoms with Crippen LogP contribution >= 0.6 is 27.7 Å². The van der Waals surface area contributed by atoms with Crippen LogP contribution in [0.25, 0.3) is 0 Å². The number of nitrogens with one attached hydrogen (secondary N) is 1. The van der Waals surface area contributed by atoms with E-state index in [9.17, 15) is 0 Å².